The number of rotatable bonds is 5. The van der Waals surface area contributed by atoms with E-state index >= 15 is 0 Å². The average Bonchev–Trinajstić information content (AvgIpc) is 3.48. The van der Waals surface area contributed by atoms with E-state index in [2.05, 4.69) is 10.5 Å². The monoisotopic (exact) mass is 438 g/mol. The van der Waals surface area contributed by atoms with Crippen LogP contribution in [0.2, 0.25) is 0 Å². The fourth-order valence-electron chi connectivity index (χ4n) is 3.14. The first kappa shape index (κ1) is 20.7. The third-order valence-electron chi connectivity index (χ3n) is 4.81. The first-order chi connectivity index (χ1) is 15.2. The van der Waals surface area contributed by atoms with Gasteiger partial charge in [0.25, 0.3) is 0 Å². The fraction of sp³-hybridized carbons (Fsp3) is 0.227. The van der Waals surface area contributed by atoms with E-state index in [1.807, 2.05) is 47.9 Å². The minimum absolute atomic E-state index is 0.0777. The van der Waals surface area contributed by atoms with E-state index in [-0.39, 0.29) is 18.7 Å². The number of benzene rings is 1. The number of piperazine rings is 1. The molecule has 0 atom stereocenters. The van der Waals surface area contributed by atoms with E-state index in [1.54, 1.807) is 33.4 Å². The smallest absolute Gasteiger partial charge is 0.337 e. The highest BCUT2D eigenvalue weighted by atomic mass is 32.1. The van der Waals surface area contributed by atoms with Crippen molar-refractivity contribution in [2.24, 2.45) is 5.10 Å². The number of hydrogen-bond donors (Lipinski definition) is 1. The predicted molar refractivity (Wildman–Crippen MR) is 119 cm³/mol. The summed E-state index contributed by atoms with van der Waals surface area (Å²) in [5.41, 5.74) is 3.49. The van der Waals surface area contributed by atoms with Crippen LogP contribution in [0.3, 0.4) is 0 Å². The Labute approximate surface area is 184 Å². The highest BCUT2D eigenvalue weighted by Crippen LogP contribution is 2.32. The number of nitrogens with zero attached hydrogens (tertiary/aromatic N) is 3. The lowest BCUT2D eigenvalue weighted by molar-refractivity contribution is -0.127. The number of nitrogens with one attached hydrogen (secondary N) is 1. The molecule has 2 aliphatic heterocycles. The molecule has 1 fully saturated rings. The second kappa shape index (κ2) is 9.94. The zero-order chi connectivity index (χ0) is 21.5. The molecule has 4 rings (SSSR count). The molecular weight excluding hydrogens is 416 g/mol. The first-order valence-corrected chi connectivity index (χ1v) is 10.7. The number of carbonyl (C=O) groups is 2. The number of hydrogen-bond acceptors (Lipinski definition) is 6. The van der Waals surface area contributed by atoms with Gasteiger partial charge in [0.2, 0.25) is 12.7 Å². The quantitative estimate of drug-likeness (QED) is 0.337. The van der Waals surface area contributed by atoms with E-state index in [9.17, 15) is 9.59 Å². The van der Waals surface area contributed by atoms with E-state index in [0.717, 1.165) is 21.9 Å². The number of allylic oxidation sites excluding steroid dienone is 2. The van der Waals surface area contributed by atoms with Crippen molar-refractivity contribution >= 4 is 35.6 Å². The summed E-state index contributed by atoms with van der Waals surface area (Å²) in [6.07, 6.45) is 8.56. The topological polar surface area (TPSA) is 83.5 Å². The molecule has 2 aliphatic rings. The highest BCUT2D eigenvalue weighted by molar-refractivity contribution is 7.11. The summed E-state index contributed by atoms with van der Waals surface area (Å²) in [6, 6.07) is 9.26. The van der Waals surface area contributed by atoms with Gasteiger partial charge in [0.05, 0.1) is 6.21 Å². The summed E-state index contributed by atoms with van der Waals surface area (Å²) in [5, 5.41) is 5.91. The Balaban J connectivity index is 1.20. The van der Waals surface area contributed by atoms with Gasteiger partial charge in [0, 0.05) is 37.1 Å². The standard InChI is InChI=1S/C22H22N4O4S/c27-21(6-2-1-4-17-7-8-19-20(14-17)30-16-29-19)25-9-11-26(12-10-25)22(28)24-23-15-18-5-3-13-31-18/h1-8,13-15H,9-12,16H2,(H,24,28)/b4-1+,6-2+,23-15+. The van der Waals surface area contributed by atoms with Gasteiger partial charge in [-0.15, -0.1) is 11.3 Å². The van der Waals surface area contributed by atoms with Crippen molar-refractivity contribution in [1.82, 2.24) is 15.2 Å². The Hall–Kier alpha value is -3.59. The second-order valence-electron chi connectivity index (χ2n) is 6.83. The Bertz CT molecular complexity index is 1010. The van der Waals surface area contributed by atoms with Crippen LogP contribution in [0, 0.1) is 0 Å². The first-order valence-electron chi connectivity index (χ1n) is 9.84. The number of hydrazone groups is 1. The van der Waals surface area contributed by atoms with Crippen molar-refractivity contribution in [2.75, 3.05) is 33.0 Å². The number of fused-ring (bicyclic) bond motifs is 1. The second-order valence-corrected chi connectivity index (χ2v) is 7.81. The minimum Gasteiger partial charge on any atom is -0.454 e. The van der Waals surface area contributed by atoms with Gasteiger partial charge < -0.3 is 19.3 Å². The third kappa shape index (κ3) is 5.52. The van der Waals surface area contributed by atoms with Crippen LogP contribution in [0.25, 0.3) is 6.08 Å². The Morgan fingerprint density at radius 1 is 1.03 bits per heavy atom. The Kier molecular flexibility index (Phi) is 6.63. The van der Waals surface area contributed by atoms with Gasteiger partial charge in [-0.05, 0) is 29.1 Å². The lowest BCUT2D eigenvalue weighted by atomic mass is 10.2. The molecule has 1 N–H and O–H groups in total. The zero-order valence-corrected chi connectivity index (χ0v) is 17.6. The average molecular weight is 439 g/mol. The maximum absolute atomic E-state index is 12.4. The van der Waals surface area contributed by atoms with Crippen LogP contribution < -0.4 is 14.9 Å². The summed E-state index contributed by atoms with van der Waals surface area (Å²) < 4.78 is 10.6. The molecule has 3 amide bonds. The van der Waals surface area contributed by atoms with Gasteiger partial charge in [-0.25, -0.2) is 10.2 Å². The molecule has 0 unspecified atom stereocenters. The highest BCUT2D eigenvalue weighted by Gasteiger charge is 2.22. The van der Waals surface area contributed by atoms with Crippen LogP contribution >= 0.6 is 11.3 Å². The van der Waals surface area contributed by atoms with Crippen molar-refractivity contribution in [2.45, 2.75) is 0 Å². The van der Waals surface area contributed by atoms with Crippen molar-refractivity contribution in [1.29, 1.82) is 0 Å². The van der Waals surface area contributed by atoms with E-state index in [1.165, 1.54) is 6.08 Å². The molecule has 160 valence electrons. The molecular formula is C22H22N4O4S. The van der Waals surface area contributed by atoms with Gasteiger partial charge >= 0.3 is 6.03 Å². The summed E-state index contributed by atoms with van der Waals surface area (Å²) in [5.74, 6) is 1.39. The van der Waals surface area contributed by atoms with E-state index in [4.69, 9.17) is 9.47 Å². The SMILES string of the molecule is O=C(/C=C/C=C/c1ccc2c(c1)OCO2)N1CCN(C(=O)N/N=C/c2cccs2)CC1. The zero-order valence-electron chi connectivity index (χ0n) is 16.8. The molecule has 0 bridgehead atoms. The predicted octanol–water partition coefficient (Wildman–Crippen LogP) is 2.93. The van der Waals surface area contributed by atoms with Crippen molar-refractivity contribution in [3.63, 3.8) is 0 Å². The molecule has 0 saturated carbocycles. The third-order valence-corrected chi connectivity index (χ3v) is 5.62. The van der Waals surface area contributed by atoms with Crippen molar-refractivity contribution in [3.05, 3.63) is 64.4 Å². The van der Waals surface area contributed by atoms with Gasteiger partial charge in [0.15, 0.2) is 11.5 Å². The number of ether oxygens (including phenoxy) is 2. The largest absolute Gasteiger partial charge is 0.454 e. The molecule has 9 heteroatoms. The molecule has 1 aromatic carbocycles. The van der Waals surface area contributed by atoms with Crippen LogP contribution in [0.1, 0.15) is 10.4 Å². The lowest BCUT2D eigenvalue weighted by Gasteiger charge is -2.33. The number of urea groups is 1. The molecule has 8 nitrogen and oxygen atoms in total. The van der Waals surface area contributed by atoms with Crippen LogP contribution in [0.5, 0.6) is 11.5 Å². The van der Waals surface area contributed by atoms with Crippen LogP contribution in [0.15, 0.2) is 59.0 Å². The Morgan fingerprint density at radius 3 is 2.65 bits per heavy atom. The minimum atomic E-state index is -0.262. The van der Waals surface area contributed by atoms with E-state index < -0.39 is 0 Å². The van der Waals surface area contributed by atoms with Gasteiger partial charge in [-0.2, -0.15) is 5.10 Å². The molecule has 2 aromatic rings. The molecule has 1 saturated heterocycles. The van der Waals surface area contributed by atoms with Gasteiger partial charge in [-0.3, -0.25) is 4.79 Å². The van der Waals surface area contributed by atoms with Crippen LogP contribution in [-0.4, -0.2) is 60.9 Å². The normalized spacial score (nSPS) is 16.0. The molecule has 31 heavy (non-hydrogen) atoms. The van der Waals surface area contributed by atoms with E-state index in [0.29, 0.717) is 26.2 Å². The molecule has 1 aromatic heterocycles. The number of thiophene rings is 1. The number of carbonyl (C=O) groups excluding carboxylic acids is 2. The van der Waals surface area contributed by atoms with Crippen LogP contribution in [-0.2, 0) is 4.79 Å². The van der Waals surface area contributed by atoms with Crippen LogP contribution in [0.4, 0.5) is 4.79 Å². The maximum atomic E-state index is 12.4. The lowest BCUT2D eigenvalue weighted by Crippen LogP contribution is -2.52. The summed E-state index contributed by atoms with van der Waals surface area (Å²) in [6.45, 7) is 2.14. The molecule has 0 radical (unpaired) electrons. The summed E-state index contributed by atoms with van der Waals surface area (Å²) >= 11 is 1.54. The molecule has 3 heterocycles. The molecule has 0 aliphatic carbocycles. The van der Waals surface area contributed by atoms with Gasteiger partial charge in [-0.1, -0.05) is 30.4 Å². The number of amides is 3. The van der Waals surface area contributed by atoms with Gasteiger partial charge in [0.1, 0.15) is 0 Å². The van der Waals surface area contributed by atoms with Crippen molar-refractivity contribution in [3.8, 4) is 11.5 Å². The molecule has 0 spiro atoms. The summed E-state index contributed by atoms with van der Waals surface area (Å²) in [7, 11) is 0. The Morgan fingerprint density at radius 2 is 1.84 bits per heavy atom. The van der Waals surface area contributed by atoms with Crippen molar-refractivity contribution < 1.29 is 19.1 Å². The maximum Gasteiger partial charge on any atom is 0.337 e. The fourth-order valence-corrected chi connectivity index (χ4v) is 3.73. The summed E-state index contributed by atoms with van der Waals surface area (Å²) in [4.78, 5) is 28.9.